The molecule has 1 aliphatic rings. The van der Waals surface area contributed by atoms with Gasteiger partial charge in [0, 0.05) is 0 Å². The molecule has 1 aliphatic carbocycles. The van der Waals surface area contributed by atoms with Crippen molar-refractivity contribution in [2.75, 3.05) is 0 Å². The largest absolute Gasteiger partial charge is 0.481 e. The van der Waals surface area contributed by atoms with Crippen molar-refractivity contribution in [1.82, 2.24) is 0 Å². The lowest BCUT2D eigenvalue weighted by Gasteiger charge is -2.51. The Labute approximate surface area is 134 Å². The van der Waals surface area contributed by atoms with E-state index in [1.165, 1.54) is 0 Å². The Morgan fingerprint density at radius 2 is 1.64 bits per heavy atom. The number of carbonyl (C=O) groups is 2. The summed E-state index contributed by atoms with van der Waals surface area (Å²) < 4.78 is 0. The normalized spacial score (nSPS) is 30.0. The summed E-state index contributed by atoms with van der Waals surface area (Å²) in [5.74, 6) is -1.92. The molecule has 4 nitrogen and oxygen atoms in total. The van der Waals surface area contributed by atoms with Crippen molar-refractivity contribution in [1.29, 1.82) is 0 Å². The quantitative estimate of drug-likeness (QED) is 0.604. The molecule has 0 aromatic rings. The molecule has 0 amide bonds. The highest BCUT2D eigenvalue weighted by atomic mass is 16.4. The molecule has 0 bridgehead atoms. The lowest BCUT2D eigenvalue weighted by Crippen LogP contribution is -2.57. The Balaban J connectivity index is 3.09. The van der Waals surface area contributed by atoms with Gasteiger partial charge in [0.1, 0.15) is 0 Å². The second-order valence-electron chi connectivity index (χ2n) is 6.97. The second-order valence-corrected chi connectivity index (χ2v) is 6.97. The van der Waals surface area contributed by atoms with Gasteiger partial charge >= 0.3 is 11.9 Å². The maximum absolute atomic E-state index is 12.2. The molecule has 0 aliphatic heterocycles. The first-order valence-corrected chi connectivity index (χ1v) is 8.85. The van der Waals surface area contributed by atoms with E-state index in [-0.39, 0.29) is 5.92 Å². The van der Waals surface area contributed by atoms with Gasteiger partial charge in [0.05, 0.1) is 10.8 Å². The van der Waals surface area contributed by atoms with Crippen molar-refractivity contribution < 1.29 is 19.8 Å². The van der Waals surface area contributed by atoms with E-state index in [0.717, 1.165) is 44.9 Å². The molecule has 128 valence electrons. The number of unbranched alkanes of at least 4 members (excludes halogenated alkanes) is 3. The SMILES string of the molecule is CCCCCCC(C)C1(C(=O)O)CCCCC1(CC)C(=O)O. The highest BCUT2D eigenvalue weighted by Gasteiger charge is 2.63. The predicted octanol–water partition coefficient (Wildman–Crippen LogP) is 4.72. The minimum atomic E-state index is -1.11. The maximum Gasteiger partial charge on any atom is 0.311 e. The Kier molecular flexibility index (Phi) is 6.89. The van der Waals surface area contributed by atoms with Crippen molar-refractivity contribution in [3.63, 3.8) is 0 Å². The maximum atomic E-state index is 12.2. The fraction of sp³-hybridized carbons (Fsp3) is 0.889. The third-order valence-electron chi connectivity index (χ3n) is 6.01. The van der Waals surface area contributed by atoms with E-state index < -0.39 is 22.8 Å². The van der Waals surface area contributed by atoms with Crippen molar-refractivity contribution in [3.8, 4) is 0 Å². The fourth-order valence-electron chi connectivity index (χ4n) is 4.60. The van der Waals surface area contributed by atoms with Gasteiger partial charge < -0.3 is 10.2 Å². The third-order valence-corrected chi connectivity index (χ3v) is 6.01. The minimum absolute atomic E-state index is 0.0989. The molecular formula is C18H32O4. The monoisotopic (exact) mass is 312 g/mol. The zero-order valence-electron chi connectivity index (χ0n) is 14.4. The smallest absolute Gasteiger partial charge is 0.311 e. The van der Waals surface area contributed by atoms with Gasteiger partial charge in [0.25, 0.3) is 0 Å². The summed E-state index contributed by atoms with van der Waals surface area (Å²) in [6.07, 6.45) is 8.22. The fourth-order valence-corrected chi connectivity index (χ4v) is 4.60. The van der Waals surface area contributed by atoms with Gasteiger partial charge in [-0.25, -0.2) is 0 Å². The molecule has 3 atom stereocenters. The Hall–Kier alpha value is -1.06. The summed E-state index contributed by atoms with van der Waals surface area (Å²) in [5.41, 5.74) is -2.22. The van der Waals surface area contributed by atoms with Crippen LogP contribution >= 0.6 is 0 Å². The Bertz CT molecular complexity index is 393. The summed E-state index contributed by atoms with van der Waals surface area (Å²) in [6.45, 7) is 5.94. The molecule has 3 unspecified atom stereocenters. The highest BCUT2D eigenvalue weighted by molar-refractivity contribution is 5.87. The third kappa shape index (κ3) is 3.16. The summed E-state index contributed by atoms with van der Waals surface area (Å²) in [6, 6.07) is 0. The first-order chi connectivity index (χ1) is 10.4. The number of aliphatic carboxylic acids is 2. The van der Waals surface area contributed by atoms with Crippen LogP contribution in [-0.2, 0) is 9.59 Å². The Morgan fingerprint density at radius 1 is 1.00 bits per heavy atom. The van der Waals surface area contributed by atoms with Crippen LogP contribution in [0.3, 0.4) is 0 Å². The van der Waals surface area contributed by atoms with E-state index >= 15 is 0 Å². The zero-order valence-corrected chi connectivity index (χ0v) is 14.4. The molecule has 0 saturated heterocycles. The van der Waals surface area contributed by atoms with Gasteiger partial charge in [-0.05, 0) is 31.6 Å². The predicted molar refractivity (Wildman–Crippen MR) is 86.8 cm³/mol. The van der Waals surface area contributed by atoms with Crippen LogP contribution in [0.5, 0.6) is 0 Å². The van der Waals surface area contributed by atoms with E-state index in [1.54, 1.807) is 0 Å². The molecule has 22 heavy (non-hydrogen) atoms. The second kappa shape index (κ2) is 7.98. The van der Waals surface area contributed by atoms with Crippen LogP contribution < -0.4 is 0 Å². The van der Waals surface area contributed by atoms with Crippen molar-refractivity contribution in [2.24, 2.45) is 16.7 Å². The van der Waals surface area contributed by atoms with Gasteiger partial charge in [-0.15, -0.1) is 0 Å². The van der Waals surface area contributed by atoms with Crippen LogP contribution in [0.1, 0.15) is 85.0 Å². The van der Waals surface area contributed by atoms with Crippen LogP contribution in [-0.4, -0.2) is 22.2 Å². The Morgan fingerprint density at radius 3 is 2.14 bits per heavy atom. The first kappa shape index (κ1) is 19.0. The van der Waals surface area contributed by atoms with Crippen LogP contribution in [0.25, 0.3) is 0 Å². The van der Waals surface area contributed by atoms with Gasteiger partial charge in [-0.3, -0.25) is 9.59 Å². The van der Waals surface area contributed by atoms with E-state index in [4.69, 9.17) is 0 Å². The molecule has 0 aromatic heterocycles. The molecule has 0 radical (unpaired) electrons. The van der Waals surface area contributed by atoms with Crippen LogP contribution in [0.15, 0.2) is 0 Å². The summed E-state index contributed by atoms with van der Waals surface area (Å²) in [5, 5.41) is 19.9. The molecule has 1 rings (SSSR count). The summed E-state index contributed by atoms with van der Waals surface area (Å²) >= 11 is 0. The average molecular weight is 312 g/mol. The summed E-state index contributed by atoms with van der Waals surface area (Å²) in [4.78, 5) is 24.3. The number of rotatable bonds is 9. The van der Waals surface area contributed by atoms with Crippen molar-refractivity contribution >= 4 is 11.9 Å². The zero-order chi connectivity index (χ0) is 16.8. The average Bonchev–Trinajstić information content (AvgIpc) is 2.50. The molecule has 4 heteroatoms. The highest BCUT2D eigenvalue weighted by Crippen LogP contribution is 2.58. The molecular weight excluding hydrogens is 280 g/mol. The molecule has 0 heterocycles. The van der Waals surface area contributed by atoms with E-state index in [2.05, 4.69) is 6.92 Å². The number of carboxylic acids is 2. The van der Waals surface area contributed by atoms with E-state index in [1.807, 2.05) is 13.8 Å². The van der Waals surface area contributed by atoms with Gasteiger partial charge in [-0.2, -0.15) is 0 Å². The molecule has 0 spiro atoms. The van der Waals surface area contributed by atoms with E-state index in [0.29, 0.717) is 19.3 Å². The van der Waals surface area contributed by atoms with Crippen LogP contribution in [0.2, 0.25) is 0 Å². The number of hydrogen-bond acceptors (Lipinski definition) is 2. The molecule has 2 N–H and O–H groups in total. The summed E-state index contributed by atoms with van der Waals surface area (Å²) in [7, 11) is 0. The van der Waals surface area contributed by atoms with Crippen molar-refractivity contribution in [3.05, 3.63) is 0 Å². The van der Waals surface area contributed by atoms with Crippen LogP contribution in [0.4, 0.5) is 0 Å². The molecule has 1 fully saturated rings. The minimum Gasteiger partial charge on any atom is -0.481 e. The van der Waals surface area contributed by atoms with Gasteiger partial charge in [0.15, 0.2) is 0 Å². The standard InChI is InChI=1S/C18H32O4/c1-4-6-7-8-11-14(3)18(16(21)22)13-10-9-12-17(18,5-2)15(19)20/h14H,4-13H2,1-3H3,(H,19,20)(H,21,22). The van der Waals surface area contributed by atoms with Crippen molar-refractivity contribution in [2.45, 2.75) is 85.0 Å². The van der Waals surface area contributed by atoms with Crippen LogP contribution in [0, 0.1) is 16.7 Å². The first-order valence-electron chi connectivity index (χ1n) is 8.85. The number of carboxylic acid groups (broad SMARTS) is 2. The lowest BCUT2D eigenvalue weighted by molar-refractivity contribution is -0.187. The molecule has 0 aromatic carbocycles. The number of hydrogen-bond donors (Lipinski definition) is 2. The lowest BCUT2D eigenvalue weighted by atomic mass is 9.49. The van der Waals surface area contributed by atoms with Gasteiger partial charge in [-0.1, -0.05) is 59.3 Å². The van der Waals surface area contributed by atoms with E-state index in [9.17, 15) is 19.8 Å². The van der Waals surface area contributed by atoms with Gasteiger partial charge in [0.2, 0.25) is 0 Å². The molecule has 1 saturated carbocycles. The topological polar surface area (TPSA) is 74.6 Å².